The summed E-state index contributed by atoms with van der Waals surface area (Å²) in [6.07, 6.45) is -0.407. The standard InChI is InChI=1S/C17H15ClN2O7S/c1-10(16(21)19-13-5-3-4-12(18)9-13)27-17(22)11-6-7-15(28(2,25)26)14(8-11)20(23)24/h3-10H,1-2H3,(H,19,21)/t10-/m0/s1. The molecule has 1 amide bonds. The van der Waals surface area contributed by atoms with E-state index in [9.17, 15) is 28.1 Å². The monoisotopic (exact) mass is 426 g/mol. The number of nitrogens with one attached hydrogen (secondary N) is 1. The lowest BCUT2D eigenvalue weighted by atomic mass is 10.2. The molecule has 1 atom stereocenters. The average molecular weight is 427 g/mol. The molecule has 2 rings (SSSR count). The van der Waals surface area contributed by atoms with E-state index in [1.165, 1.54) is 13.0 Å². The van der Waals surface area contributed by atoms with Crippen LogP contribution >= 0.6 is 11.6 Å². The summed E-state index contributed by atoms with van der Waals surface area (Å²) in [6, 6.07) is 9.14. The number of nitrogens with zero attached hydrogens (tertiary/aromatic N) is 1. The van der Waals surface area contributed by atoms with Crippen molar-refractivity contribution in [2.45, 2.75) is 17.9 Å². The van der Waals surface area contributed by atoms with Crippen molar-refractivity contribution < 1.29 is 27.7 Å². The Kier molecular flexibility index (Phi) is 6.37. The van der Waals surface area contributed by atoms with Gasteiger partial charge < -0.3 is 10.1 Å². The van der Waals surface area contributed by atoms with Crippen LogP contribution in [0.15, 0.2) is 47.4 Å². The minimum atomic E-state index is -3.86. The first-order valence-electron chi connectivity index (χ1n) is 7.75. The van der Waals surface area contributed by atoms with Gasteiger partial charge in [0.25, 0.3) is 11.6 Å². The van der Waals surface area contributed by atoms with E-state index >= 15 is 0 Å². The molecule has 0 aliphatic rings. The number of halogens is 1. The van der Waals surface area contributed by atoms with E-state index in [0.717, 1.165) is 24.5 Å². The molecule has 0 fully saturated rings. The molecular formula is C17H15ClN2O7S. The Bertz CT molecular complexity index is 1050. The zero-order valence-corrected chi connectivity index (χ0v) is 16.3. The van der Waals surface area contributed by atoms with Crippen molar-refractivity contribution in [3.05, 3.63) is 63.2 Å². The summed E-state index contributed by atoms with van der Waals surface area (Å²) in [5.74, 6) is -1.66. The molecule has 1 N–H and O–H groups in total. The van der Waals surface area contributed by atoms with Crippen LogP contribution in [0.25, 0.3) is 0 Å². The Morgan fingerprint density at radius 3 is 2.46 bits per heavy atom. The van der Waals surface area contributed by atoms with Crippen LogP contribution < -0.4 is 5.32 Å². The largest absolute Gasteiger partial charge is 0.449 e. The van der Waals surface area contributed by atoms with E-state index in [4.69, 9.17) is 16.3 Å². The molecule has 0 heterocycles. The number of nitro groups is 1. The second kappa shape index (κ2) is 8.36. The first kappa shape index (κ1) is 21.3. The van der Waals surface area contributed by atoms with Gasteiger partial charge in [0.2, 0.25) is 0 Å². The molecule has 0 spiro atoms. The maximum absolute atomic E-state index is 12.2. The molecule has 28 heavy (non-hydrogen) atoms. The Labute approximate surface area is 165 Å². The Balaban J connectivity index is 2.16. The van der Waals surface area contributed by atoms with Gasteiger partial charge in [-0.15, -0.1) is 0 Å². The number of rotatable bonds is 6. The fraction of sp³-hybridized carbons (Fsp3) is 0.176. The Morgan fingerprint density at radius 2 is 1.89 bits per heavy atom. The number of hydrogen-bond donors (Lipinski definition) is 1. The third-order valence-electron chi connectivity index (χ3n) is 3.54. The van der Waals surface area contributed by atoms with Gasteiger partial charge in [-0.1, -0.05) is 17.7 Å². The molecule has 0 radical (unpaired) electrons. The predicted octanol–water partition coefficient (Wildman–Crippen LogP) is 2.84. The number of carbonyl (C=O) groups excluding carboxylic acids is 2. The summed E-state index contributed by atoms with van der Waals surface area (Å²) in [4.78, 5) is 34.0. The number of sulfone groups is 1. The lowest BCUT2D eigenvalue weighted by Gasteiger charge is -2.14. The molecule has 0 unspecified atom stereocenters. The summed E-state index contributed by atoms with van der Waals surface area (Å²) in [6.45, 7) is 1.32. The normalized spacial score (nSPS) is 12.1. The van der Waals surface area contributed by atoms with Crippen molar-refractivity contribution in [3.63, 3.8) is 0 Å². The number of ether oxygens (including phenoxy) is 1. The SMILES string of the molecule is C[C@H](OC(=O)c1ccc(S(C)(=O)=O)c([N+](=O)[O-])c1)C(=O)Nc1cccc(Cl)c1. The molecule has 0 saturated heterocycles. The minimum absolute atomic E-state index is 0.262. The zero-order chi connectivity index (χ0) is 21.1. The van der Waals surface area contributed by atoms with E-state index in [2.05, 4.69) is 5.32 Å². The highest BCUT2D eigenvalue weighted by atomic mass is 35.5. The van der Waals surface area contributed by atoms with Gasteiger partial charge in [-0.05, 0) is 37.3 Å². The molecule has 11 heteroatoms. The molecule has 0 aromatic heterocycles. The highest BCUT2D eigenvalue weighted by Gasteiger charge is 2.26. The zero-order valence-electron chi connectivity index (χ0n) is 14.7. The second-order valence-corrected chi connectivity index (χ2v) is 8.18. The maximum atomic E-state index is 12.2. The van der Waals surface area contributed by atoms with Gasteiger partial charge in [-0.2, -0.15) is 0 Å². The van der Waals surface area contributed by atoms with E-state index in [1.807, 2.05) is 0 Å². The van der Waals surface area contributed by atoms with Gasteiger partial charge in [0, 0.05) is 23.0 Å². The van der Waals surface area contributed by atoms with Gasteiger partial charge in [0.1, 0.15) is 4.90 Å². The molecule has 2 aromatic carbocycles. The van der Waals surface area contributed by atoms with Crippen LogP contribution in [0.5, 0.6) is 0 Å². The maximum Gasteiger partial charge on any atom is 0.339 e. The topological polar surface area (TPSA) is 133 Å². The summed E-state index contributed by atoms with van der Waals surface area (Å²) in [7, 11) is -3.86. The lowest BCUT2D eigenvalue weighted by molar-refractivity contribution is -0.387. The van der Waals surface area contributed by atoms with Crippen LogP contribution in [0, 0.1) is 10.1 Å². The van der Waals surface area contributed by atoms with Gasteiger partial charge in [0.15, 0.2) is 15.9 Å². The fourth-order valence-electron chi connectivity index (χ4n) is 2.19. The van der Waals surface area contributed by atoms with Crippen LogP contribution in [0.3, 0.4) is 0 Å². The highest BCUT2D eigenvalue weighted by molar-refractivity contribution is 7.90. The van der Waals surface area contributed by atoms with E-state index in [-0.39, 0.29) is 5.56 Å². The average Bonchev–Trinajstić information content (AvgIpc) is 2.60. The van der Waals surface area contributed by atoms with Crippen LogP contribution in [0.4, 0.5) is 11.4 Å². The number of nitro benzene ring substituents is 1. The minimum Gasteiger partial charge on any atom is -0.449 e. The van der Waals surface area contributed by atoms with Gasteiger partial charge in [-0.3, -0.25) is 14.9 Å². The highest BCUT2D eigenvalue weighted by Crippen LogP contribution is 2.25. The number of hydrogen-bond acceptors (Lipinski definition) is 7. The quantitative estimate of drug-likeness (QED) is 0.426. The number of carbonyl (C=O) groups is 2. The fourth-order valence-corrected chi connectivity index (χ4v) is 3.21. The molecule has 0 saturated carbocycles. The molecule has 148 valence electrons. The van der Waals surface area contributed by atoms with Crippen LogP contribution in [0.2, 0.25) is 5.02 Å². The summed E-state index contributed by atoms with van der Waals surface area (Å²) in [5, 5.41) is 14.0. The van der Waals surface area contributed by atoms with E-state index in [1.54, 1.807) is 18.2 Å². The molecule has 9 nitrogen and oxygen atoms in total. The summed E-state index contributed by atoms with van der Waals surface area (Å²) < 4.78 is 28.2. The Hall–Kier alpha value is -2.98. The summed E-state index contributed by atoms with van der Waals surface area (Å²) in [5.41, 5.74) is -0.622. The molecule has 0 aliphatic carbocycles. The smallest absolute Gasteiger partial charge is 0.339 e. The van der Waals surface area contributed by atoms with Gasteiger partial charge in [-0.25, -0.2) is 13.2 Å². The molecule has 2 aromatic rings. The third-order valence-corrected chi connectivity index (χ3v) is 4.92. The second-order valence-electron chi connectivity index (χ2n) is 5.76. The van der Waals surface area contributed by atoms with Crippen molar-refractivity contribution in [1.82, 2.24) is 0 Å². The van der Waals surface area contributed by atoms with Crippen LogP contribution in [0.1, 0.15) is 17.3 Å². The summed E-state index contributed by atoms with van der Waals surface area (Å²) >= 11 is 5.82. The van der Waals surface area contributed by atoms with Gasteiger partial charge >= 0.3 is 5.97 Å². The number of anilines is 1. The van der Waals surface area contributed by atoms with Gasteiger partial charge in [0.05, 0.1) is 10.5 Å². The van der Waals surface area contributed by atoms with Crippen LogP contribution in [-0.4, -0.2) is 37.6 Å². The molecule has 0 aliphatic heterocycles. The first-order valence-corrected chi connectivity index (χ1v) is 10.0. The van der Waals surface area contributed by atoms with Crippen molar-refractivity contribution >= 4 is 44.7 Å². The predicted molar refractivity (Wildman–Crippen MR) is 101 cm³/mol. The first-order chi connectivity index (χ1) is 13.0. The molecular weight excluding hydrogens is 412 g/mol. The number of esters is 1. The van der Waals surface area contributed by atoms with E-state index < -0.39 is 43.3 Å². The van der Waals surface area contributed by atoms with Crippen molar-refractivity contribution in [2.75, 3.05) is 11.6 Å². The lowest BCUT2D eigenvalue weighted by Crippen LogP contribution is -2.30. The molecule has 0 bridgehead atoms. The third kappa shape index (κ3) is 5.27. The number of amides is 1. The van der Waals surface area contributed by atoms with Crippen molar-refractivity contribution in [2.24, 2.45) is 0 Å². The van der Waals surface area contributed by atoms with Crippen molar-refractivity contribution in [3.8, 4) is 0 Å². The Morgan fingerprint density at radius 1 is 1.21 bits per heavy atom. The van der Waals surface area contributed by atoms with Crippen LogP contribution in [-0.2, 0) is 19.4 Å². The number of benzene rings is 2. The van der Waals surface area contributed by atoms with E-state index in [0.29, 0.717) is 10.7 Å². The van der Waals surface area contributed by atoms with Crippen molar-refractivity contribution in [1.29, 1.82) is 0 Å².